The third-order valence-corrected chi connectivity index (χ3v) is 3.03. The molecule has 1 aliphatic rings. The van der Waals surface area contributed by atoms with Crippen LogP contribution in [0.5, 0.6) is 5.75 Å². The standard InChI is InChI=1S/C13H13F2NO4/c1-3-20-12(18)13(15)6-16-9-7(11(13)17)4-5-8(14)10(9)19-2/h4-5,16H,3,6H2,1-2H3. The van der Waals surface area contributed by atoms with E-state index in [4.69, 9.17) is 4.74 Å². The van der Waals surface area contributed by atoms with Crippen molar-refractivity contribution in [2.75, 3.05) is 25.6 Å². The maximum absolute atomic E-state index is 14.5. The molecule has 1 unspecified atom stereocenters. The maximum atomic E-state index is 14.5. The predicted molar refractivity (Wildman–Crippen MR) is 66.2 cm³/mol. The van der Waals surface area contributed by atoms with Crippen LogP contribution in [0.25, 0.3) is 0 Å². The number of carbonyl (C=O) groups is 2. The zero-order chi connectivity index (χ0) is 14.9. The molecule has 20 heavy (non-hydrogen) atoms. The van der Waals surface area contributed by atoms with Gasteiger partial charge in [-0.25, -0.2) is 13.6 Å². The van der Waals surface area contributed by atoms with E-state index >= 15 is 0 Å². The summed E-state index contributed by atoms with van der Waals surface area (Å²) in [5.74, 6) is -3.20. The summed E-state index contributed by atoms with van der Waals surface area (Å²) in [5.41, 5.74) is -2.92. The second-order valence-corrected chi connectivity index (χ2v) is 4.21. The molecule has 0 aliphatic carbocycles. The zero-order valence-electron chi connectivity index (χ0n) is 11.0. The molecule has 0 saturated carbocycles. The van der Waals surface area contributed by atoms with E-state index in [0.29, 0.717) is 0 Å². The number of hydrogen-bond acceptors (Lipinski definition) is 5. The first-order valence-electron chi connectivity index (χ1n) is 5.97. The van der Waals surface area contributed by atoms with Crippen LogP contribution >= 0.6 is 0 Å². The first-order chi connectivity index (χ1) is 9.45. The number of ketones is 1. The molecule has 0 fully saturated rings. The highest BCUT2D eigenvalue weighted by Crippen LogP contribution is 2.38. The fourth-order valence-electron chi connectivity index (χ4n) is 2.04. The summed E-state index contributed by atoms with van der Waals surface area (Å²) in [6.07, 6.45) is 0. The average molecular weight is 285 g/mol. The van der Waals surface area contributed by atoms with Gasteiger partial charge in [-0.2, -0.15) is 0 Å². The molecule has 1 aromatic carbocycles. The summed E-state index contributed by atoms with van der Waals surface area (Å²) < 4.78 is 37.5. The number of esters is 1. The Bertz CT molecular complexity index is 576. The minimum absolute atomic E-state index is 0.0371. The molecule has 0 radical (unpaired) electrons. The van der Waals surface area contributed by atoms with Gasteiger partial charge in [-0.05, 0) is 19.1 Å². The number of nitrogens with one attached hydrogen (secondary N) is 1. The molecule has 1 atom stereocenters. The Hall–Kier alpha value is -2.18. The molecule has 0 aromatic heterocycles. The van der Waals surface area contributed by atoms with Crippen molar-refractivity contribution in [3.63, 3.8) is 0 Å². The molecule has 7 heteroatoms. The number of carbonyl (C=O) groups excluding carboxylic acids is 2. The Kier molecular flexibility index (Phi) is 3.61. The summed E-state index contributed by atoms with van der Waals surface area (Å²) in [6, 6.07) is 2.09. The summed E-state index contributed by atoms with van der Waals surface area (Å²) in [5, 5.41) is 2.52. The van der Waals surface area contributed by atoms with Gasteiger partial charge in [-0.1, -0.05) is 0 Å². The number of hydrogen-bond donors (Lipinski definition) is 1. The molecule has 1 heterocycles. The highest BCUT2D eigenvalue weighted by Gasteiger charge is 2.52. The number of benzene rings is 1. The molecule has 1 aromatic rings. The van der Waals surface area contributed by atoms with E-state index in [9.17, 15) is 18.4 Å². The molecular weight excluding hydrogens is 272 g/mol. The summed E-state index contributed by atoms with van der Waals surface area (Å²) >= 11 is 0. The number of ether oxygens (including phenoxy) is 2. The smallest absolute Gasteiger partial charge is 0.354 e. The van der Waals surface area contributed by atoms with Crippen molar-refractivity contribution in [1.82, 2.24) is 0 Å². The molecule has 1 N–H and O–H groups in total. The lowest BCUT2D eigenvalue weighted by Gasteiger charge is -2.29. The van der Waals surface area contributed by atoms with Crippen LogP contribution in [-0.4, -0.2) is 37.7 Å². The Labute approximate surface area is 113 Å². The van der Waals surface area contributed by atoms with Crippen molar-refractivity contribution in [2.24, 2.45) is 0 Å². The van der Waals surface area contributed by atoms with Crippen molar-refractivity contribution >= 4 is 17.4 Å². The molecule has 5 nitrogen and oxygen atoms in total. The lowest BCUT2D eigenvalue weighted by molar-refractivity contribution is -0.153. The summed E-state index contributed by atoms with van der Waals surface area (Å²) in [4.78, 5) is 23.7. The van der Waals surface area contributed by atoms with Crippen LogP contribution in [0, 0.1) is 5.82 Å². The van der Waals surface area contributed by atoms with E-state index in [1.54, 1.807) is 0 Å². The molecule has 0 saturated heterocycles. The van der Waals surface area contributed by atoms with Gasteiger partial charge in [-0.3, -0.25) is 4.79 Å². The van der Waals surface area contributed by atoms with Crippen LogP contribution in [0.2, 0.25) is 0 Å². The zero-order valence-corrected chi connectivity index (χ0v) is 11.0. The highest BCUT2D eigenvalue weighted by molar-refractivity contribution is 6.20. The minimum Gasteiger partial charge on any atom is -0.492 e. The molecule has 0 amide bonds. The molecule has 0 spiro atoms. The van der Waals surface area contributed by atoms with E-state index < -0.39 is 29.8 Å². The number of rotatable bonds is 3. The van der Waals surface area contributed by atoms with E-state index in [1.807, 2.05) is 0 Å². The number of fused-ring (bicyclic) bond motifs is 1. The number of anilines is 1. The lowest BCUT2D eigenvalue weighted by Crippen LogP contribution is -2.52. The Balaban J connectivity index is 2.47. The molecule has 1 aliphatic heterocycles. The van der Waals surface area contributed by atoms with Crippen molar-refractivity contribution in [2.45, 2.75) is 12.6 Å². The minimum atomic E-state index is -2.81. The van der Waals surface area contributed by atoms with Crippen LogP contribution in [0.15, 0.2) is 12.1 Å². The van der Waals surface area contributed by atoms with Crippen molar-refractivity contribution in [1.29, 1.82) is 0 Å². The van der Waals surface area contributed by atoms with Gasteiger partial charge in [0.25, 0.3) is 5.67 Å². The van der Waals surface area contributed by atoms with Crippen LogP contribution < -0.4 is 10.1 Å². The summed E-state index contributed by atoms with van der Waals surface area (Å²) in [7, 11) is 1.23. The Morgan fingerprint density at radius 3 is 2.80 bits per heavy atom. The van der Waals surface area contributed by atoms with Gasteiger partial charge in [0.15, 0.2) is 11.6 Å². The maximum Gasteiger partial charge on any atom is 0.354 e. The van der Waals surface area contributed by atoms with Gasteiger partial charge < -0.3 is 14.8 Å². The largest absolute Gasteiger partial charge is 0.492 e. The first kappa shape index (κ1) is 14.2. The Morgan fingerprint density at radius 2 is 2.20 bits per heavy atom. The number of methoxy groups -OCH3 is 1. The average Bonchev–Trinajstić information content (AvgIpc) is 2.43. The lowest BCUT2D eigenvalue weighted by atomic mass is 9.89. The van der Waals surface area contributed by atoms with Gasteiger partial charge in [0.1, 0.15) is 0 Å². The second-order valence-electron chi connectivity index (χ2n) is 4.21. The predicted octanol–water partition coefficient (Wildman–Crippen LogP) is 1.71. The topological polar surface area (TPSA) is 64.6 Å². The number of alkyl halides is 1. The Morgan fingerprint density at radius 1 is 1.50 bits per heavy atom. The van der Waals surface area contributed by atoms with Crippen molar-refractivity contribution in [3.05, 3.63) is 23.5 Å². The third-order valence-electron chi connectivity index (χ3n) is 3.03. The van der Waals surface area contributed by atoms with E-state index in [2.05, 4.69) is 10.1 Å². The molecule has 2 rings (SSSR count). The summed E-state index contributed by atoms with van der Waals surface area (Å²) in [6.45, 7) is 0.837. The van der Waals surface area contributed by atoms with Gasteiger partial charge in [0.2, 0.25) is 5.78 Å². The van der Waals surface area contributed by atoms with Gasteiger partial charge in [-0.15, -0.1) is 0 Å². The van der Waals surface area contributed by atoms with Crippen molar-refractivity contribution in [3.8, 4) is 5.75 Å². The van der Waals surface area contributed by atoms with Crippen LogP contribution in [0.1, 0.15) is 17.3 Å². The van der Waals surface area contributed by atoms with Crippen LogP contribution in [0.3, 0.4) is 0 Å². The quantitative estimate of drug-likeness (QED) is 0.676. The fraction of sp³-hybridized carbons (Fsp3) is 0.385. The monoisotopic (exact) mass is 285 g/mol. The van der Waals surface area contributed by atoms with Crippen LogP contribution in [-0.2, 0) is 9.53 Å². The molecule has 108 valence electrons. The van der Waals surface area contributed by atoms with E-state index in [1.165, 1.54) is 14.0 Å². The first-order valence-corrected chi connectivity index (χ1v) is 5.97. The van der Waals surface area contributed by atoms with Gasteiger partial charge in [0, 0.05) is 5.56 Å². The SMILES string of the molecule is CCOC(=O)C1(F)CNc2c(ccc(F)c2OC)C1=O. The van der Waals surface area contributed by atoms with Gasteiger partial charge in [0.05, 0.1) is 25.9 Å². The highest BCUT2D eigenvalue weighted by atomic mass is 19.1. The number of Topliss-reactive ketones (excluding diaryl/α,β-unsaturated/α-hetero) is 1. The van der Waals surface area contributed by atoms with Gasteiger partial charge >= 0.3 is 5.97 Å². The van der Waals surface area contributed by atoms with E-state index in [-0.39, 0.29) is 23.6 Å². The third kappa shape index (κ3) is 1.99. The molecular formula is C13H13F2NO4. The number of halogens is 2. The van der Waals surface area contributed by atoms with Crippen LogP contribution in [0.4, 0.5) is 14.5 Å². The van der Waals surface area contributed by atoms with E-state index in [0.717, 1.165) is 12.1 Å². The normalized spacial score (nSPS) is 20.9. The second kappa shape index (κ2) is 5.07. The fourth-order valence-corrected chi connectivity index (χ4v) is 2.04. The van der Waals surface area contributed by atoms with Crippen molar-refractivity contribution < 1.29 is 27.8 Å². The molecule has 0 bridgehead atoms.